The Bertz CT molecular complexity index is 1340. The number of alkyl halides is 3. The first kappa shape index (κ1) is 24.0. The number of H-pyrrole nitrogens is 1. The molecule has 1 fully saturated rings. The van der Waals surface area contributed by atoms with Gasteiger partial charge >= 0.3 is 11.9 Å². The van der Waals surface area contributed by atoms with E-state index in [1.165, 1.54) is 30.5 Å². The highest BCUT2D eigenvalue weighted by Gasteiger charge is 2.38. The van der Waals surface area contributed by atoms with Crippen molar-refractivity contribution < 1.29 is 18.0 Å². The topological polar surface area (TPSA) is 103 Å². The Morgan fingerprint density at radius 3 is 2.53 bits per heavy atom. The summed E-state index contributed by atoms with van der Waals surface area (Å²) >= 11 is 1.31. The first-order valence-corrected chi connectivity index (χ1v) is 11.5. The summed E-state index contributed by atoms with van der Waals surface area (Å²) in [5.74, 6) is -0.683. The molecule has 1 aliphatic rings. The Balaban J connectivity index is 1.50. The van der Waals surface area contributed by atoms with Gasteiger partial charge in [0.1, 0.15) is 10.4 Å². The van der Waals surface area contributed by atoms with E-state index in [0.717, 1.165) is 9.44 Å². The Morgan fingerprint density at radius 1 is 1.21 bits per heavy atom. The number of thiophene rings is 1. The number of piperazine rings is 1. The van der Waals surface area contributed by atoms with E-state index in [1.54, 1.807) is 17.9 Å². The van der Waals surface area contributed by atoms with E-state index in [-0.39, 0.29) is 23.5 Å². The number of carbonyl (C=O) groups excluding carboxylic acids is 1. The molecule has 3 aromatic rings. The zero-order valence-electron chi connectivity index (χ0n) is 18.5. The number of halogens is 3. The van der Waals surface area contributed by atoms with Gasteiger partial charge in [-0.05, 0) is 25.1 Å². The van der Waals surface area contributed by atoms with Crippen LogP contribution in [0.4, 0.5) is 18.9 Å². The zero-order valence-corrected chi connectivity index (χ0v) is 19.3. The van der Waals surface area contributed by atoms with Gasteiger partial charge in [-0.15, -0.1) is 11.3 Å². The number of hydrogen-bond acceptors (Lipinski definition) is 7. The second-order valence-corrected chi connectivity index (χ2v) is 8.98. The summed E-state index contributed by atoms with van der Waals surface area (Å²) in [5, 5.41) is 2.28. The van der Waals surface area contributed by atoms with Crippen LogP contribution in [-0.4, -0.2) is 58.6 Å². The van der Waals surface area contributed by atoms with Gasteiger partial charge in [-0.3, -0.25) is 19.1 Å². The molecule has 34 heavy (non-hydrogen) atoms. The van der Waals surface area contributed by atoms with Crippen molar-refractivity contribution in [3.63, 3.8) is 0 Å². The van der Waals surface area contributed by atoms with Gasteiger partial charge in [-0.2, -0.15) is 13.2 Å². The van der Waals surface area contributed by atoms with Crippen molar-refractivity contribution in [3.8, 4) is 0 Å². The van der Waals surface area contributed by atoms with Crippen LogP contribution in [-0.2, 0) is 19.3 Å². The van der Waals surface area contributed by atoms with Crippen LogP contribution in [0, 0.1) is 0 Å². The number of nitrogens with zero attached hydrogens (tertiary/aromatic N) is 4. The zero-order chi connectivity index (χ0) is 24.6. The van der Waals surface area contributed by atoms with Crippen molar-refractivity contribution in [2.45, 2.75) is 26.2 Å². The minimum Gasteiger partial charge on any atom is -0.367 e. The van der Waals surface area contributed by atoms with Crippen molar-refractivity contribution in [2.24, 2.45) is 0 Å². The van der Waals surface area contributed by atoms with Crippen molar-refractivity contribution >= 4 is 33.1 Å². The van der Waals surface area contributed by atoms with Gasteiger partial charge in [-0.25, -0.2) is 9.78 Å². The van der Waals surface area contributed by atoms with Crippen LogP contribution in [0.1, 0.15) is 28.0 Å². The van der Waals surface area contributed by atoms with Gasteiger partial charge in [-0.1, -0.05) is 0 Å². The summed E-state index contributed by atoms with van der Waals surface area (Å²) in [6.07, 6.45) is -4.70. The maximum Gasteiger partial charge on any atom is 0.435 e. The summed E-state index contributed by atoms with van der Waals surface area (Å²) < 4.78 is 42.6. The number of fused-ring (bicyclic) bond motifs is 1. The molecule has 0 saturated carbocycles. The first-order chi connectivity index (χ1) is 16.1. The van der Waals surface area contributed by atoms with Crippen LogP contribution in [0.5, 0.6) is 0 Å². The standard InChI is InChI=1S/C21H23F3N6O3S/c1-3-30-19(32)16-14(27-20(30)33)10-12(34-16)11-28-6-8-29(9-7-28)15-5-4-13(18(31)25-2)26-17(15)21(22,23)24/h4-5,10H,3,6-9,11H2,1-2H3,(H,25,31)(H,27,33). The van der Waals surface area contributed by atoms with Crippen molar-refractivity contribution in [2.75, 3.05) is 38.1 Å². The first-order valence-electron chi connectivity index (χ1n) is 10.7. The molecule has 1 aliphatic heterocycles. The summed E-state index contributed by atoms with van der Waals surface area (Å²) in [7, 11) is 1.33. The summed E-state index contributed by atoms with van der Waals surface area (Å²) in [6, 6.07) is 4.35. The molecule has 13 heteroatoms. The van der Waals surface area contributed by atoms with Crippen LogP contribution in [0.3, 0.4) is 0 Å². The molecule has 1 amide bonds. The van der Waals surface area contributed by atoms with Crippen LogP contribution >= 0.6 is 11.3 Å². The van der Waals surface area contributed by atoms with Gasteiger partial charge < -0.3 is 15.2 Å². The Kier molecular flexibility index (Phi) is 6.49. The molecule has 0 aromatic carbocycles. The van der Waals surface area contributed by atoms with Gasteiger partial charge in [0.15, 0.2) is 5.69 Å². The van der Waals surface area contributed by atoms with Gasteiger partial charge in [0.05, 0.1) is 11.2 Å². The van der Waals surface area contributed by atoms with Gasteiger partial charge in [0.2, 0.25) is 0 Å². The number of anilines is 1. The number of rotatable bonds is 5. The van der Waals surface area contributed by atoms with Crippen LogP contribution in [0.25, 0.3) is 10.2 Å². The second-order valence-electron chi connectivity index (χ2n) is 7.84. The number of pyridine rings is 1. The fourth-order valence-electron chi connectivity index (χ4n) is 3.99. The van der Waals surface area contributed by atoms with E-state index in [4.69, 9.17) is 0 Å². The molecule has 0 radical (unpaired) electrons. The maximum absolute atomic E-state index is 13.6. The molecule has 0 aliphatic carbocycles. The largest absolute Gasteiger partial charge is 0.435 e. The predicted molar refractivity (Wildman–Crippen MR) is 122 cm³/mol. The second kappa shape index (κ2) is 9.22. The molecule has 0 spiro atoms. The average Bonchev–Trinajstić information content (AvgIpc) is 3.20. The van der Waals surface area contributed by atoms with E-state index in [2.05, 4.69) is 20.2 Å². The smallest absolute Gasteiger partial charge is 0.367 e. The number of nitrogens with one attached hydrogen (secondary N) is 2. The quantitative estimate of drug-likeness (QED) is 0.559. The third-order valence-corrected chi connectivity index (χ3v) is 6.83. The van der Waals surface area contributed by atoms with E-state index in [0.29, 0.717) is 42.9 Å². The minimum absolute atomic E-state index is 0.0562. The molecule has 0 unspecified atom stereocenters. The lowest BCUT2D eigenvalue weighted by Gasteiger charge is -2.36. The van der Waals surface area contributed by atoms with Crippen LogP contribution in [0.15, 0.2) is 27.8 Å². The molecular weight excluding hydrogens is 473 g/mol. The molecular formula is C21H23F3N6O3S. The summed E-state index contributed by atoms with van der Waals surface area (Å²) in [4.78, 5) is 47.1. The van der Waals surface area contributed by atoms with E-state index < -0.39 is 23.5 Å². The SMILES string of the molecule is CCn1c(=O)[nH]c2cc(CN3CCN(c4ccc(C(=O)NC)nc4C(F)(F)F)CC3)sc2c1=O. The molecule has 4 rings (SSSR count). The lowest BCUT2D eigenvalue weighted by Crippen LogP contribution is -2.46. The molecule has 0 atom stereocenters. The lowest BCUT2D eigenvalue weighted by molar-refractivity contribution is -0.140. The summed E-state index contributed by atoms with van der Waals surface area (Å²) in [5.41, 5.74) is -1.70. The maximum atomic E-state index is 13.6. The van der Waals surface area contributed by atoms with E-state index >= 15 is 0 Å². The molecule has 182 valence electrons. The van der Waals surface area contributed by atoms with Gasteiger partial charge in [0.25, 0.3) is 11.5 Å². The minimum atomic E-state index is -4.70. The summed E-state index contributed by atoms with van der Waals surface area (Å²) in [6.45, 7) is 4.20. The monoisotopic (exact) mass is 496 g/mol. The third-order valence-electron chi connectivity index (χ3n) is 5.72. The average molecular weight is 497 g/mol. The van der Waals surface area contributed by atoms with E-state index in [1.807, 2.05) is 0 Å². The van der Waals surface area contributed by atoms with Crippen molar-refractivity contribution in [1.82, 2.24) is 24.8 Å². The lowest BCUT2D eigenvalue weighted by atomic mass is 10.2. The third kappa shape index (κ3) is 4.57. The highest BCUT2D eigenvalue weighted by Crippen LogP contribution is 2.36. The molecule has 0 bridgehead atoms. The molecule has 1 saturated heterocycles. The number of carbonyl (C=O) groups is 1. The predicted octanol–water partition coefficient (Wildman–Crippen LogP) is 1.87. The Hall–Kier alpha value is -3.19. The van der Waals surface area contributed by atoms with E-state index in [9.17, 15) is 27.6 Å². The Labute approximate surface area is 195 Å². The number of hydrogen-bond donors (Lipinski definition) is 2. The number of aromatic nitrogens is 3. The number of aromatic amines is 1. The highest BCUT2D eigenvalue weighted by atomic mass is 32.1. The van der Waals surface area contributed by atoms with Crippen molar-refractivity contribution in [3.05, 3.63) is 55.3 Å². The van der Waals surface area contributed by atoms with Crippen molar-refractivity contribution in [1.29, 1.82) is 0 Å². The van der Waals surface area contributed by atoms with Crippen LogP contribution < -0.4 is 21.5 Å². The normalized spacial score (nSPS) is 15.1. The Morgan fingerprint density at radius 2 is 1.91 bits per heavy atom. The number of amides is 1. The van der Waals surface area contributed by atoms with Crippen LogP contribution in [0.2, 0.25) is 0 Å². The fraction of sp³-hybridized carbons (Fsp3) is 0.429. The fourth-order valence-corrected chi connectivity index (χ4v) is 5.10. The van der Waals surface area contributed by atoms with Gasteiger partial charge in [0, 0.05) is 51.2 Å². The molecule has 3 aromatic heterocycles. The highest BCUT2D eigenvalue weighted by molar-refractivity contribution is 7.18. The molecule has 2 N–H and O–H groups in total. The molecule has 9 nitrogen and oxygen atoms in total. The molecule has 4 heterocycles.